The van der Waals surface area contributed by atoms with E-state index in [-0.39, 0.29) is 6.47 Å². The summed E-state index contributed by atoms with van der Waals surface area (Å²) in [5, 5.41) is 0. The topological polar surface area (TPSA) is 64.6 Å². The first-order valence-corrected chi connectivity index (χ1v) is 1.79. The molecule has 0 rings (SSSR count). The van der Waals surface area contributed by atoms with Gasteiger partial charge in [-0.1, -0.05) is 0 Å². The van der Waals surface area contributed by atoms with Gasteiger partial charge in [-0.05, 0) is 0 Å². The fourth-order valence-electron chi connectivity index (χ4n) is 0.102. The van der Waals surface area contributed by atoms with Gasteiger partial charge in [0.1, 0.15) is 0 Å². The van der Waals surface area contributed by atoms with Crippen molar-refractivity contribution in [1.82, 2.24) is 5.64 Å². The van der Waals surface area contributed by atoms with E-state index >= 15 is 0 Å². The molecule has 1 N–H and O–H groups in total. The fraction of sp³-hybridized carbons (Fsp3) is 0.333. The van der Waals surface area contributed by atoms with Crippen molar-refractivity contribution in [1.29, 1.82) is 0 Å². The van der Waals surface area contributed by atoms with Gasteiger partial charge in [0, 0.05) is 12.6 Å². The third-order valence-corrected chi connectivity index (χ3v) is 0.282. The van der Waals surface area contributed by atoms with Crippen molar-refractivity contribution in [3.8, 4) is 0 Å². The van der Waals surface area contributed by atoms with Crippen LogP contribution in [-0.4, -0.2) is 12.4 Å². The van der Waals surface area contributed by atoms with Crippen LogP contribution >= 0.6 is 0 Å². The highest BCUT2D eigenvalue weighted by molar-refractivity contribution is 5.65. The van der Waals surface area contributed by atoms with Crippen molar-refractivity contribution >= 4 is 12.4 Å². The van der Waals surface area contributed by atoms with Gasteiger partial charge in [-0.3, -0.25) is 9.59 Å². The number of hydrogen-bond donors (Lipinski definition) is 1. The Morgan fingerprint density at radius 3 is 2.75 bits per heavy atom. The van der Waals surface area contributed by atoms with Crippen LogP contribution in [0.25, 0.3) is 0 Å². The molecule has 0 aliphatic rings. The Balaban J connectivity index is 2.93. The molecule has 0 saturated heterocycles. The number of carbonyl (C=O) groups is 2. The molecule has 46 valence electrons. The zero-order valence-electron chi connectivity index (χ0n) is 4.21. The Hall–Kier alpha value is -1.10. The maximum atomic E-state index is 9.84. The van der Waals surface area contributed by atoms with Gasteiger partial charge in [-0.15, -0.1) is 0 Å². The molecule has 5 nitrogen and oxygen atoms in total. The predicted molar refractivity (Wildman–Crippen MR) is 22.1 cm³/mol. The molecule has 0 aromatic rings. The van der Waals surface area contributed by atoms with Gasteiger partial charge < -0.3 is 9.68 Å². The molecule has 0 atom stereocenters. The minimum absolute atomic E-state index is 0.100. The average molecular weight is 119 g/mol. The van der Waals surface area contributed by atoms with Crippen molar-refractivity contribution < 1.29 is 19.3 Å². The lowest BCUT2D eigenvalue weighted by Crippen LogP contribution is -2.17. The molecular weight excluding hydrogens is 114 g/mol. The normalized spacial score (nSPS) is 7.62. The summed E-state index contributed by atoms with van der Waals surface area (Å²) in [7, 11) is 0. The van der Waals surface area contributed by atoms with Gasteiger partial charge in [-0.2, -0.15) is 0 Å². The van der Waals surface area contributed by atoms with Crippen LogP contribution in [0.3, 0.4) is 0 Å². The van der Waals surface area contributed by atoms with E-state index in [0.29, 0.717) is 0 Å². The number of hydrogen-bond acceptors (Lipinski definition) is 5. The highest BCUT2D eigenvalue weighted by Crippen LogP contribution is 1.65. The van der Waals surface area contributed by atoms with E-state index in [0.717, 1.165) is 0 Å². The van der Waals surface area contributed by atoms with Gasteiger partial charge in [-0.25, -0.2) is 0 Å². The molecule has 0 aromatic heterocycles. The largest absolute Gasteiger partial charge is 0.338 e. The lowest BCUT2D eigenvalue weighted by atomic mass is 10.8. The van der Waals surface area contributed by atoms with Crippen LogP contribution in [0.4, 0.5) is 0 Å². The van der Waals surface area contributed by atoms with Gasteiger partial charge in [0.25, 0.3) is 0 Å². The molecule has 0 spiro atoms. The first kappa shape index (κ1) is 6.90. The summed E-state index contributed by atoms with van der Waals surface area (Å²) in [6, 6.07) is 0. The maximum absolute atomic E-state index is 9.84. The van der Waals surface area contributed by atoms with Gasteiger partial charge in [0.15, 0.2) is 0 Å². The summed E-state index contributed by atoms with van der Waals surface area (Å²) in [6.07, 6.45) is 0. The third-order valence-electron chi connectivity index (χ3n) is 0.282. The predicted octanol–water partition coefficient (Wildman–Crippen LogP) is -0.858. The van der Waals surface area contributed by atoms with Gasteiger partial charge in [0.05, 0.1) is 0 Å². The highest BCUT2D eigenvalue weighted by Gasteiger charge is 1.87. The van der Waals surface area contributed by atoms with Crippen molar-refractivity contribution in [3.05, 3.63) is 0 Å². The molecule has 0 heterocycles. The van der Waals surface area contributed by atoms with Crippen LogP contribution in [0.2, 0.25) is 0 Å². The average Bonchev–Trinajstić information content (AvgIpc) is 1.66. The SMILES string of the molecule is CC(=O)ONOC=O. The fourth-order valence-corrected chi connectivity index (χ4v) is 0.102. The van der Waals surface area contributed by atoms with Crippen molar-refractivity contribution in [2.24, 2.45) is 0 Å². The molecule has 8 heavy (non-hydrogen) atoms. The van der Waals surface area contributed by atoms with Crippen LogP contribution < -0.4 is 5.64 Å². The molecule has 0 unspecified atom stereocenters. The Morgan fingerprint density at radius 1 is 1.75 bits per heavy atom. The molecule has 0 amide bonds. The quantitative estimate of drug-likeness (QED) is 0.297. The summed E-state index contributed by atoms with van der Waals surface area (Å²) in [5.74, 6) is -0.577. The monoisotopic (exact) mass is 119 g/mol. The van der Waals surface area contributed by atoms with E-state index in [4.69, 9.17) is 0 Å². The van der Waals surface area contributed by atoms with Crippen molar-refractivity contribution in [2.45, 2.75) is 6.92 Å². The van der Waals surface area contributed by atoms with Crippen LogP contribution in [0.5, 0.6) is 0 Å². The Morgan fingerprint density at radius 2 is 2.38 bits per heavy atom. The van der Waals surface area contributed by atoms with E-state index in [1.165, 1.54) is 6.92 Å². The lowest BCUT2D eigenvalue weighted by molar-refractivity contribution is -0.187. The zero-order chi connectivity index (χ0) is 6.41. The van der Waals surface area contributed by atoms with Crippen molar-refractivity contribution in [3.63, 3.8) is 0 Å². The molecule has 0 aromatic carbocycles. The minimum atomic E-state index is -0.577. The summed E-state index contributed by atoms with van der Waals surface area (Å²) in [6.45, 7) is 1.27. The molecule has 0 radical (unpaired) electrons. The lowest BCUT2D eigenvalue weighted by Gasteiger charge is -1.95. The van der Waals surface area contributed by atoms with Gasteiger partial charge in [0.2, 0.25) is 0 Å². The molecular formula is C3H5NO4. The minimum Gasteiger partial charge on any atom is -0.338 e. The molecule has 0 fully saturated rings. The van der Waals surface area contributed by atoms with Crippen LogP contribution in [-0.2, 0) is 19.3 Å². The van der Waals surface area contributed by atoms with Gasteiger partial charge >= 0.3 is 12.4 Å². The Labute approximate surface area is 45.5 Å². The third kappa shape index (κ3) is 4.90. The summed E-state index contributed by atoms with van der Waals surface area (Å²) in [5.41, 5.74) is 1.62. The van der Waals surface area contributed by atoms with E-state index < -0.39 is 5.97 Å². The standard InChI is InChI=1S/C3H5NO4/c1-3(6)8-4-7-2-5/h2,4H,1H3. The van der Waals surface area contributed by atoms with E-state index in [1.807, 2.05) is 0 Å². The molecule has 0 saturated carbocycles. The van der Waals surface area contributed by atoms with E-state index in [9.17, 15) is 9.59 Å². The molecule has 0 aliphatic carbocycles. The van der Waals surface area contributed by atoms with Crippen LogP contribution in [0, 0.1) is 0 Å². The smallest absolute Gasteiger partial charge is 0.325 e. The van der Waals surface area contributed by atoms with E-state index in [1.54, 1.807) is 5.64 Å². The second-order valence-corrected chi connectivity index (χ2v) is 0.891. The zero-order valence-corrected chi connectivity index (χ0v) is 4.21. The summed E-state index contributed by atoms with van der Waals surface area (Å²) in [4.78, 5) is 26.9. The maximum Gasteiger partial charge on any atom is 0.325 e. The summed E-state index contributed by atoms with van der Waals surface area (Å²) >= 11 is 0. The van der Waals surface area contributed by atoms with Crippen molar-refractivity contribution in [2.75, 3.05) is 0 Å². The number of rotatable bonds is 3. The second-order valence-electron chi connectivity index (χ2n) is 0.891. The summed E-state index contributed by atoms with van der Waals surface area (Å²) < 4.78 is 0. The Bertz CT molecular complexity index is 91.3. The Kier molecular flexibility index (Phi) is 3.51. The second kappa shape index (κ2) is 4.07. The van der Waals surface area contributed by atoms with E-state index in [2.05, 4.69) is 9.68 Å². The first-order chi connectivity index (χ1) is 3.77. The highest BCUT2D eigenvalue weighted by atomic mass is 16.9. The number of carbonyl (C=O) groups excluding carboxylic acids is 2. The first-order valence-electron chi connectivity index (χ1n) is 1.79. The van der Waals surface area contributed by atoms with Crippen LogP contribution in [0.15, 0.2) is 0 Å². The number of nitrogens with one attached hydrogen (secondary N) is 1. The molecule has 0 aliphatic heterocycles. The molecule has 5 heteroatoms. The van der Waals surface area contributed by atoms with Crippen LogP contribution in [0.1, 0.15) is 6.92 Å². The molecule has 0 bridgehead atoms.